The van der Waals surface area contributed by atoms with Crippen LogP contribution in [0.2, 0.25) is 0 Å². The maximum absolute atomic E-state index is 12.8. The van der Waals surface area contributed by atoms with Gasteiger partial charge in [-0.3, -0.25) is 4.79 Å². The fourth-order valence-corrected chi connectivity index (χ4v) is 3.02. The van der Waals surface area contributed by atoms with Crippen molar-refractivity contribution in [2.24, 2.45) is 0 Å². The van der Waals surface area contributed by atoms with Gasteiger partial charge in [0.2, 0.25) is 0 Å². The molecule has 2 aromatic carbocycles. The second kappa shape index (κ2) is 6.08. The molecule has 1 amide bonds. The Morgan fingerprint density at radius 1 is 1.04 bits per heavy atom. The Bertz CT molecular complexity index is 902. The van der Waals surface area contributed by atoms with Gasteiger partial charge in [-0.2, -0.15) is 10.5 Å². The Labute approximate surface area is 142 Å². The SMILES string of the molecule is N#CC(C#N)=C1C(=O)N(Cc2ccccc2Br)c2ccccc21. The average Bonchev–Trinajstić information content (AvgIpc) is 2.84. The zero-order valence-electron chi connectivity index (χ0n) is 12.0. The Morgan fingerprint density at radius 2 is 1.70 bits per heavy atom. The number of fused-ring (bicyclic) bond motifs is 1. The fraction of sp³-hybridized carbons (Fsp3) is 0.0556. The van der Waals surface area contributed by atoms with Crippen LogP contribution in [0.1, 0.15) is 11.1 Å². The van der Waals surface area contributed by atoms with Gasteiger partial charge in [0, 0.05) is 10.0 Å². The molecule has 5 heteroatoms. The topological polar surface area (TPSA) is 67.9 Å². The molecule has 0 atom stereocenters. The zero-order valence-corrected chi connectivity index (χ0v) is 13.5. The number of hydrogen-bond acceptors (Lipinski definition) is 3. The Balaban J connectivity index is 2.13. The van der Waals surface area contributed by atoms with Crippen molar-refractivity contribution in [1.82, 2.24) is 0 Å². The van der Waals surface area contributed by atoms with Crippen molar-refractivity contribution in [2.75, 3.05) is 4.90 Å². The number of benzene rings is 2. The van der Waals surface area contributed by atoms with E-state index in [1.54, 1.807) is 17.0 Å². The third kappa shape index (κ3) is 2.52. The second-order valence-electron chi connectivity index (χ2n) is 4.97. The number of carbonyl (C=O) groups is 1. The predicted octanol–water partition coefficient (Wildman–Crippen LogP) is 3.80. The highest BCUT2D eigenvalue weighted by atomic mass is 79.9. The highest BCUT2D eigenvalue weighted by Gasteiger charge is 2.34. The highest BCUT2D eigenvalue weighted by molar-refractivity contribution is 9.10. The van der Waals surface area contributed by atoms with Crippen LogP contribution < -0.4 is 4.90 Å². The van der Waals surface area contributed by atoms with Gasteiger partial charge in [0.1, 0.15) is 17.7 Å². The van der Waals surface area contributed by atoms with E-state index < -0.39 is 0 Å². The number of nitrogens with zero attached hydrogens (tertiary/aromatic N) is 3. The van der Waals surface area contributed by atoms with Gasteiger partial charge < -0.3 is 4.90 Å². The first-order valence-electron chi connectivity index (χ1n) is 6.86. The van der Waals surface area contributed by atoms with E-state index >= 15 is 0 Å². The molecule has 0 unspecified atom stereocenters. The van der Waals surface area contributed by atoms with Crippen LogP contribution in [0.3, 0.4) is 0 Å². The number of halogens is 1. The molecular weight excluding hydrogens is 354 g/mol. The molecule has 0 radical (unpaired) electrons. The van der Waals surface area contributed by atoms with Crippen molar-refractivity contribution < 1.29 is 4.79 Å². The van der Waals surface area contributed by atoms with Crippen molar-refractivity contribution in [2.45, 2.75) is 6.54 Å². The largest absolute Gasteiger partial charge is 0.303 e. The summed E-state index contributed by atoms with van der Waals surface area (Å²) in [6.45, 7) is 0.366. The lowest BCUT2D eigenvalue weighted by Crippen LogP contribution is -2.26. The zero-order chi connectivity index (χ0) is 16.4. The van der Waals surface area contributed by atoms with Crippen LogP contribution in [-0.4, -0.2) is 5.91 Å². The molecule has 0 saturated heterocycles. The molecule has 0 aliphatic carbocycles. The highest BCUT2D eigenvalue weighted by Crippen LogP contribution is 2.39. The lowest BCUT2D eigenvalue weighted by Gasteiger charge is -2.18. The van der Waals surface area contributed by atoms with E-state index in [4.69, 9.17) is 10.5 Å². The van der Waals surface area contributed by atoms with Crippen LogP contribution in [-0.2, 0) is 11.3 Å². The van der Waals surface area contributed by atoms with Crippen LogP contribution >= 0.6 is 15.9 Å². The smallest absolute Gasteiger partial charge is 0.261 e. The van der Waals surface area contributed by atoms with E-state index in [9.17, 15) is 4.79 Å². The molecule has 3 rings (SSSR count). The monoisotopic (exact) mass is 363 g/mol. The van der Waals surface area contributed by atoms with Crippen LogP contribution in [0.15, 0.2) is 58.6 Å². The summed E-state index contributed by atoms with van der Waals surface area (Å²) in [5.74, 6) is -0.319. The normalized spacial score (nSPS) is 12.6. The van der Waals surface area contributed by atoms with Gasteiger partial charge in [-0.1, -0.05) is 52.3 Å². The standard InChI is InChI=1S/C18H10BrN3O/c19-15-7-3-1-5-12(15)11-22-16-8-4-2-6-14(16)17(18(22)23)13(9-20)10-21/h1-8H,11H2. The summed E-state index contributed by atoms with van der Waals surface area (Å²) in [6, 6.07) is 18.5. The van der Waals surface area contributed by atoms with Crippen molar-refractivity contribution in [3.05, 3.63) is 69.7 Å². The number of amides is 1. The second-order valence-corrected chi connectivity index (χ2v) is 5.83. The van der Waals surface area contributed by atoms with E-state index in [-0.39, 0.29) is 17.1 Å². The maximum Gasteiger partial charge on any atom is 0.261 e. The first kappa shape index (κ1) is 15.0. The lowest BCUT2D eigenvalue weighted by atomic mass is 10.0. The summed E-state index contributed by atoms with van der Waals surface area (Å²) in [7, 11) is 0. The number of carbonyl (C=O) groups excluding carboxylic acids is 1. The fourth-order valence-electron chi connectivity index (χ4n) is 2.61. The van der Waals surface area contributed by atoms with E-state index in [0.717, 1.165) is 10.0 Å². The number of allylic oxidation sites excluding steroid dienone is 1. The number of rotatable bonds is 2. The van der Waals surface area contributed by atoms with Crippen LogP contribution in [0.25, 0.3) is 5.57 Å². The minimum absolute atomic E-state index is 0.155. The molecule has 0 bridgehead atoms. The van der Waals surface area contributed by atoms with Gasteiger partial charge in [-0.05, 0) is 17.7 Å². The van der Waals surface area contributed by atoms with Crippen molar-refractivity contribution in [3.8, 4) is 12.1 Å². The van der Waals surface area contributed by atoms with Crippen LogP contribution in [0.4, 0.5) is 5.69 Å². The molecule has 0 aromatic heterocycles. The summed E-state index contributed by atoms with van der Waals surface area (Å²) in [6.07, 6.45) is 0. The molecule has 110 valence electrons. The Hall–Kier alpha value is -2.89. The molecule has 1 aliphatic heterocycles. The van der Waals surface area contributed by atoms with Gasteiger partial charge in [0.15, 0.2) is 0 Å². The molecule has 4 nitrogen and oxygen atoms in total. The molecule has 23 heavy (non-hydrogen) atoms. The van der Waals surface area contributed by atoms with Gasteiger partial charge >= 0.3 is 0 Å². The Kier molecular flexibility index (Phi) is 3.97. The predicted molar refractivity (Wildman–Crippen MR) is 89.9 cm³/mol. The first-order valence-corrected chi connectivity index (χ1v) is 7.66. The van der Waals surface area contributed by atoms with E-state index in [0.29, 0.717) is 17.8 Å². The van der Waals surface area contributed by atoms with E-state index in [1.807, 2.05) is 48.5 Å². The maximum atomic E-state index is 12.8. The van der Waals surface area contributed by atoms with Gasteiger partial charge in [-0.25, -0.2) is 0 Å². The summed E-state index contributed by atoms with van der Waals surface area (Å²) in [4.78, 5) is 14.4. The summed E-state index contributed by atoms with van der Waals surface area (Å²) in [5, 5.41) is 18.3. The van der Waals surface area contributed by atoms with E-state index in [1.165, 1.54) is 0 Å². The molecule has 0 fully saturated rings. The molecule has 0 saturated carbocycles. The van der Waals surface area contributed by atoms with Gasteiger partial charge in [-0.15, -0.1) is 0 Å². The third-order valence-corrected chi connectivity index (χ3v) is 4.46. The molecule has 1 aliphatic rings. The molecule has 0 N–H and O–H groups in total. The quantitative estimate of drug-likeness (QED) is 0.601. The summed E-state index contributed by atoms with van der Waals surface area (Å²) < 4.78 is 0.906. The van der Waals surface area contributed by atoms with E-state index in [2.05, 4.69) is 15.9 Å². The van der Waals surface area contributed by atoms with Crippen LogP contribution in [0.5, 0.6) is 0 Å². The van der Waals surface area contributed by atoms with Crippen molar-refractivity contribution in [1.29, 1.82) is 10.5 Å². The molecule has 2 aromatic rings. The third-order valence-electron chi connectivity index (χ3n) is 3.68. The van der Waals surface area contributed by atoms with Crippen LogP contribution in [0, 0.1) is 22.7 Å². The van der Waals surface area contributed by atoms with Gasteiger partial charge in [0.05, 0.1) is 17.8 Å². The summed E-state index contributed by atoms with van der Waals surface area (Å²) >= 11 is 3.48. The number of anilines is 1. The minimum atomic E-state index is -0.319. The number of nitriles is 2. The Morgan fingerprint density at radius 3 is 2.39 bits per heavy atom. The summed E-state index contributed by atoms with van der Waals surface area (Å²) in [5.41, 5.74) is 2.32. The van der Waals surface area contributed by atoms with Gasteiger partial charge in [0.25, 0.3) is 5.91 Å². The van der Waals surface area contributed by atoms with Crippen molar-refractivity contribution in [3.63, 3.8) is 0 Å². The molecular formula is C18H10BrN3O. The number of hydrogen-bond donors (Lipinski definition) is 0. The lowest BCUT2D eigenvalue weighted by molar-refractivity contribution is -0.113. The average molecular weight is 364 g/mol. The minimum Gasteiger partial charge on any atom is -0.303 e. The molecule has 0 spiro atoms. The first-order chi connectivity index (χ1) is 11.2. The van der Waals surface area contributed by atoms with Crippen molar-refractivity contribution >= 4 is 33.1 Å². The molecule has 1 heterocycles. The number of para-hydroxylation sites is 1.